The second kappa shape index (κ2) is 5.98. The molecule has 0 bridgehead atoms. The fourth-order valence-electron chi connectivity index (χ4n) is 1.10. The molecule has 0 amide bonds. The summed E-state index contributed by atoms with van der Waals surface area (Å²) in [5.41, 5.74) is 1.21. The molecule has 0 aliphatic carbocycles. The molecule has 86 valence electrons. The van der Waals surface area contributed by atoms with Gasteiger partial charge in [-0.2, -0.15) is 0 Å². The van der Waals surface area contributed by atoms with Gasteiger partial charge in [-0.15, -0.1) is 0 Å². The van der Waals surface area contributed by atoms with E-state index in [1.165, 1.54) is 22.7 Å². The van der Waals surface area contributed by atoms with E-state index in [0.29, 0.717) is 0 Å². The van der Waals surface area contributed by atoms with Crippen LogP contribution in [0.15, 0.2) is 36.5 Å². The predicted octanol–water partition coefficient (Wildman–Crippen LogP) is 1.33. The van der Waals surface area contributed by atoms with E-state index >= 15 is 0 Å². The summed E-state index contributed by atoms with van der Waals surface area (Å²) < 4.78 is 0. The van der Waals surface area contributed by atoms with Crippen LogP contribution in [0.4, 0.5) is 0 Å². The molecule has 0 unspecified atom stereocenters. The SMILES string of the molecule is O=C(O)C#CC(=O)O.c1ccc2[nH]ccc2c1. The Kier molecular flexibility index (Phi) is 4.34. The highest BCUT2D eigenvalue weighted by Gasteiger charge is 1.87. The van der Waals surface area contributed by atoms with E-state index in [4.69, 9.17) is 10.2 Å². The van der Waals surface area contributed by atoms with Crippen LogP contribution in [0.1, 0.15) is 0 Å². The highest BCUT2D eigenvalue weighted by molar-refractivity contribution is 5.96. The van der Waals surface area contributed by atoms with Crippen molar-refractivity contribution in [2.45, 2.75) is 0 Å². The summed E-state index contributed by atoms with van der Waals surface area (Å²) in [6.45, 7) is 0. The average molecular weight is 231 g/mol. The third-order valence-electron chi connectivity index (χ3n) is 1.74. The van der Waals surface area contributed by atoms with Gasteiger partial charge < -0.3 is 15.2 Å². The fourth-order valence-corrected chi connectivity index (χ4v) is 1.10. The van der Waals surface area contributed by atoms with Gasteiger partial charge in [-0.25, -0.2) is 9.59 Å². The number of hydrogen-bond donors (Lipinski definition) is 3. The largest absolute Gasteiger partial charge is 0.472 e. The monoisotopic (exact) mass is 231 g/mol. The zero-order chi connectivity index (χ0) is 12.7. The zero-order valence-electron chi connectivity index (χ0n) is 8.68. The van der Waals surface area contributed by atoms with Gasteiger partial charge in [0.25, 0.3) is 0 Å². The Morgan fingerprint density at radius 3 is 2.12 bits per heavy atom. The topological polar surface area (TPSA) is 90.4 Å². The van der Waals surface area contributed by atoms with E-state index in [-0.39, 0.29) is 0 Å². The molecule has 0 aliphatic rings. The van der Waals surface area contributed by atoms with Crippen molar-refractivity contribution in [1.29, 1.82) is 0 Å². The number of nitrogens with one attached hydrogen (secondary N) is 1. The molecule has 0 spiro atoms. The lowest BCUT2D eigenvalue weighted by Crippen LogP contribution is -1.92. The number of carbonyl (C=O) groups is 2. The second-order valence-electron chi connectivity index (χ2n) is 2.93. The Bertz CT molecular complexity index is 541. The molecule has 1 aromatic carbocycles. The molecule has 17 heavy (non-hydrogen) atoms. The Morgan fingerprint density at radius 2 is 1.59 bits per heavy atom. The van der Waals surface area contributed by atoms with E-state index in [9.17, 15) is 9.59 Å². The van der Waals surface area contributed by atoms with Crippen LogP contribution in [-0.2, 0) is 9.59 Å². The molecule has 0 aliphatic heterocycles. The summed E-state index contributed by atoms with van der Waals surface area (Å²) in [7, 11) is 0. The Hall–Kier alpha value is -2.74. The van der Waals surface area contributed by atoms with Gasteiger partial charge in [0.1, 0.15) is 0 Å². The number of carboxylic acid groups (broad SMARTS) is 2. The molecule has 1 heterocycles. The number of carboxylic acids is 2. The number of fused-ring (bicyclic) bond motifs is 1. The highest BCUT2D eigenvalue weighted by Crippen LogP contribution is 2.09. The van der Waals surface area contributed by atoms with Crippen LogP contribution in [0.25, 0.3) is 10.9 Å². The number of aliphatic carboxylic acids is 2. The number of H-pyrrole nitrogens is 1. The second-order valence-corrected chi connectivity index (χ2v) is 2.93. The molecule has 0 saturated heterocycles. The van der Waals surface area contributed by atoms with E-state index in [2.05, 4.69) is 23.2 Å². The van der Waals surface area contributed by atoms with Crippen molar-refractivity contribution < 1.29 is 19.8 Å². The standard InChI is InChI=1S/C8H7N.C4H2O4/c1-2-4-8-7(3-1)5-6-9-8;5-3(6)1-2-4(7)8/h1-6,9H;(H,5,6)(H,7,8). The molecule has 2 rings (SSSR count). The number of para-hydroxylation sites is 1. The quantitative estimate of drug-likeness (QED) is 0.596. The summed E-state index contributed by atoms with van der Waals surface area (Å²) in [5.74, 6) is -0.0511. The smallest absolute Gasteiger partial charge is 0.382 e. The van der Waals surface area contributed by atoms with Gasteiger partial charge >= 0.3 is 11.9 Å². The van der Waals surface area contributed by atoms with Crippen LogP contribution in [-0.4, -0.2) is 27.1 Å². The number of rotatable bonds is 0. The van der Waals surface area contributed by atoms with Gasteiger partial charge in [0.2, 0.25) is 0 Å². The first-order valence-electron chi connectivity index (χ1n) is 4.59. The average Bonchev–Trinajstić information content (AvgIpc) is 2.75. The van der Waals surface area contributed by atoms with Gasteiger partial charge in [-0.1, -0.05) is 18.2 Å². The van der Waals surface area contributed by atoms with E-state index in [0.717, 1.165) is 0 Å². The van der Waals surface area contributed by atoms with Crippen LogP contribution in [0.2, 0.25) is 0 Å². The molecule has 0 radical (unpaired) electrons. The maximum absolute atomic E-state index is 9.47. The molecule has 3 N–H and O–H groups in total. The van der Waals surface area contributed by atoms with Crippen LogP contribution in [0.3, 0.4) is 0 Å². The van der Waals surface area contributed by atoms with E-state index in [1.807, 2.05) is 18.3 Å². The highest BCUT2D eigenvalue weighted by atomic mass is 16.4. The van der Waals surface area contributed by atoms with Crippen LogP contribution in [0.5, 0.6) is 0 Å². The molecular formula is C12H9NO4. The normalized spacial score (nSPS) is 8.47. The Morgan fingerprint density at radius 1 is 1.00 bits per heavy atom. The summed E-state index contributed by atoms with van der Waals surface area (Å²) in [4.78, 5) is 22.1. The molecule has 0 fully saturated rings. The van der Waals surface area contributed by atoms with Crippen molar-refractivity contribution in [3.63, 3.8) is 0 Å². The molecule has 5 heteroatoms. The van der Waals surface area contributed by atoms with Crippen molar-refractivity contribution in [3.05, 3.63) is 36.5 Å². The first kappa shape index (κ1) is 12.3. The van der Waals surface area contributed by atoms with Crippen molar-refractivity contribution in [1.82, 2.24) is 4.98 Å². The first-order chi connectivity index (χ1) is 8.09. The third kappa shape index (κ3) is 4.53. The van der Waals surface area contributed by atoms with Gasteiger partial charge in [0.15, 0.2) is 0 Å². The number of benzene rings is 1. The summed E-state index contributed by atoms with van der Waals surface area (Å²) in [6.07, 6.45) is 1.95. The van der Waals surface area contributed by atoms with Gasteiger partial charge in [0, 0.05) is 23.6 Å². The maximum Gasteiger partial charge on any atom is 0.382 e. The van der Waals surface area contributed by atoms with Gasteiger partial charge in [-0.05, 0) is 17.5 Å². The van der Waals surface area contributed by atoms with Gasteiger partial charge in [-0.3, -0.25) is 0 Å². The first-order valence-corrected chi connectivity index (χ1v) is 4.59. The van der Waals surface area contributed by atoms with Crippen LogP contribution in [0, 0.1) is 11.8 Å². The Labute approximate surface area is 96.7 Å². The molecule has 2 aromatic rings. The zero-order valence-corrected chi connectivity index (χ0v) is 8.68. The minimum atomic E-state index is -1.44. The van der Waals surface area contributed by atoms with Crippen LogP contribution < -0.4 is 0 Å². The van der Waals surface area contributed by atoms with Gasteiger partial charge in [0.05, 0.1) is 0 Å². The minimum Gasteiger partial charge on any atom is -0.472 e. The van der Waals surface area contributed by atoms with Crippen molar-refractivity contribution in [2.75, 3.05) is 0 Å². The van der Waals surface area contributed by atoms with E-state index in [1.54, 1.807) is 0 Å². The fraction of sp³-hybridized carbons (Fsp3) is 0. The molecule has 1 aromatic heterocycles. The predicted molar refractivity (Wildman–Crippen MR) is 61.3 cm³/mol. The number of aromatic amines is 1. The lowest BCUT2D eigenvalue weighted by atomic mass is 10.3. The molecule has 0 saturated carbocycles. The summed E-state index contributed by atoms with van der Waals surface area (Å²) in [5, 5.41) is 16.7. The number of hydrogen-bond acceptors (Lipinski definition) is 2. The molecule has 0 atom stereocenters. The van der Waals surface area contributed by atoms with Crippen molar-refractivity contribution in [3.8, 4) is 11.8 Å². The third-order valence-corrected chi connectivity index (χ3v) is 1.74. The Balaban J connectivity index is 0.000000172. The summed E-state index contributed by atoms with van der Waals surface area (Å²) >= 11 is 0. The summed E-state index contributed by atoms with van der Waals surface area (Å²) in [6, 6.07) is 10.3. The maximum atomic E-state index is 9.47. The number of aromatic nitrogens is 1. The lowest BCUT2D eigenvalue weighted by Gasteiger charge is -1.83. The van der Waals surface area contributed by atoms with E-state index < -0.39 is 11.9 Å². The van der Waals surface area contributed by atoms with Crippen molar-refractivity contribution in [2.24, 2.45) is 0 Å². The molecular weight excluding hydrogens is 222 g/mol. The lowest BCUT2D eigenvalue weighted by molar-refractivity contribution is -0.132. The minimum absolute atomic E-state index is 1.21. The molecule has 5 nitrogen and oxygen atoms in total. The van der Waals surface area contributed by atoms with Crippen molar-refractivity contribution >= 4 is 22.8 Å². The van der Waals surface area contributed by atoms with Crippen LogP contribution >= 0.6 is 0 Å².